The molecule has 0 spiro atoms. The number of benzene rings is 2. The number of carbonyl (C=O) groups excluding carboxylic acids is 2. The minimum Gasteiger partial charge on any atom is -0.369 e. The number of aromatic nitrogens is 2. The summed E-state index contributed by atoms with van der Waals surface area (Å²) < 4.78 is 0. The van der Waals surface area contributed by atoms with Gasteiger partial charge in [0.25, 0.3) is 11.8 Å². The van der Waals surface area contributed by atoms with Crippen molar-refractivity contribution in [3.05, 3.63) is 71.0 Å². The second-order valence-electron chi connectivity index (χ2n) is 12.3. The van der Waals surface area contributed by atoms with Gasteiger partial charge in [0, 0.05) is 61.7 Å². The van der Waals surface area contributed by atoms with Gasteiger partial charge in [-0.2, -0.15) is 0 Å². The highest BCUT2D eigenvalue weighted by molar-refractivity contribution is 5.96. The molecule has 226 valence electrons. The maximum absolute atomic E-state index is 13.1. The highest BCUT2D eigenvalue weighted by atomic mass is 16.2. The molecular weight excluding hydrogens is 540 g/mol. The van der Waals surface area contributed by atoms with E-state index in [9.17, 15) is 9.59 Å². The second kappa shape index (κ2) is 12.2. The summed E-state index contributed by atoms with van der Waals surface area (Å²) >= 11 is 0. The topological polar surface area (TPSA) is 120 Å². The number of nitrogens with zero attached hydrogens (tertiary/aromatic N) is 5. The zero-order valence-electron chi connectivity index (χ0n) is 25.3. The van der Waals surface area contributed by atoms with Gasteiger partial charge in [0.2, 0.25) is 0 Å². The molecule has 4 N–H and O–H groups in total. The van der Waals surface area contributed by atoms with Gasteiger partial charge in [-0.1, -0.05) is 12.1 Å². The van der Waals surface area contributed by atoms with Crippen LogP contribution < -0.4 is 26.2 Å². The van der Waals surface area contributed by atoms with Crippen molar-refractivity contribution < 1.29 is 9.59 Å². The molecule has 0 bridgehead atoms. The van der Waals surface area contributed by atoms with Crippen LogP contribution in [0.2, 0.25) is 0 Å². The summed E-state index contributed by atoms with van der Waals surface area (Å²) in [5.74, 6) is 0.922. The van der Waals surface area contributed by atoms with Crippen molar-refractivity contribution in [2.45, 2.75) is 57.5 Å². The van der Waals surface area contributed by atoms with Gasteiger partial charge in [-0.15, -0.1) is 0 Å². The minimum atomic E-state index is -0.642. The van der Waals surface area contributed by atoms with Gasteiger partial charge in [-0.3, -0.25) is 9.59 Å². The van der Waals surface area contributed by atoms with Crippen LogP contribution in [0.25, 0.3) is 0 Å². The number of likely N-dealkylation sites (N-methyl/N-ethyl adjacent to an activating group) is 1. The Morgan fingerprint density at radius 3 is 2.40 bits per heavy atom. The van der Waals surface area contributed by atoms with Crippen molar-refractivity contribution in [1.82, 2.24) is 20.2 Å². The number of hydrogen-bond donors (Lipinski definition) is 3. The lowest BCUT2D eigenvalue weighted by Crippen LogP contribution is -2.54. The van der Waals surface area contributed by atoms with Crippen LogP contribution in [0.1, 0.15) is 70.5 Å². The van der Waals surface area contributed by atoms with E-state index in [0.29, 0.717) is 23.1 Å². The van der Waals surface area contributed by atoms with E-state index in [1.54, 1.807) is 6.20 Å². The molecule has 0 radical (unpaired) electrons. The number of nitrogens with one attached hydrogen (secondary N) is 2. The van der Waals surface area contributed by atoms with Crippen LogP contribution in [-0.2, 0) is 0 Å². The molecule has 3 heterocycles. The van der Waals surface area contributed by atoms with Crippen LogP contribution in [0.15, 0.2) is 48.7 Å². The number of anilines is 4. The first-order valence-electron chi connectivity index (χ1n) is 15.4. The molecule has 1 saturated carbocycles. The lowest BCUT2D eigenvalue weighted by atomic mass is 9.97. The average molecular weight is 583 g/mol. The Hall–Kier alpha value is -4.18. The molecule has 3 aliphatic rings. The number of hydrogen-bond acceptors (Lipinski definition) is 8. The Kier molecular flexibility index (Phi) is 8.21. The van der Waals surface area contributed by atoms with Crippen molar-refractivity contribution in [3.63, 3.8) is 0 Å². The van der Waals surface area contributed by atoms with Crippen LogP contribution in [-0.4, -0.2) is 78.5 Å². The summed E-state index contributed by atoms with van der Waals surface area (Å²) in [6.45, 7) is 9.02. The zero-order chi connectivity index (χ0) is 30.1. The Bertz CT molecular complexity index is 1480. The molecule has 2 atom stereocenters. The van der Waals surface area contributed by atoms with E-state index in [1.165, 1.54) is 24.1 Å². The van der Waals surface area contributed by atoms with Gasteiger partial charge >= 0.3 is 0 Å². The molecule has 2 aromatic carbocycles. The zero-order valence-corrected chi connectivity index (χ0v) is 25.3. The normalized spacial score (nSPS) is 21.0. The standard InChI is InChI=1S/C33H42N8O2/c1-21-19-26(12-13-28(21)40-17-15-39(3)16-18-40)36-32-30(31(34)42)35-20-29(38-32)41-14-4-5-27(22(41)2)37-33(43)25-10-8-24(9-11-25)23-6-7-23/h8-13,19-20,22-23,27H,4-7,14-18H2,1-3H3,(H2,34,42)(H,36,38)(H,37,43)/t22-,27-/m1/s1. The maximum Gasteiger partial charge on any atom is 0.271 e. The van der Waals surface area contributed by atoms with E-state index in [2.05, 4.69) is 75.5 Å². The third kappa shape index (κ3) is 6.44. The molecule has 1 aliphatic carbocycles. The number of nitrogens with two attached hydrogens (primary N) is 1. The third-order valence-corrected chi connectivity index (χ3v) is 9.12. The van der Waals surface area contributed by atoms with Gasteiger partial charge in [0.15, 0.2) is 11.5 Å². The number of aryl methyl sites for hydroxylation is 1. The van der Waals surface area contributed by atoms with Gasteiger partial charge in [-0.25, -0.2) is 9.97 Å². The molecular formula is C33H42N8O2. The SMILES string of the molecule is Cc1cc(Nc2nc(N3CCC[C@@H](NC(=O)c4ccc(C5CC5)cc4)[C@H]3C)cnc2C(N)=O)ccc1N1CCN(C)CC1. The van der Waals surface area contributed by atoms with Crippen molar-refractivity contribution in [1.29, 1.82) is 0 Å². The first kappa shape index (κ1) is 28.9. The van der Waals surface area contributed by atoms with E-state index in [-0.39, 0.29) is 23.7 Å². The monoisotopic (exact) mass is 582 g/mol. The van der Waals surface area contributed by atoms with Gasteiger partial charge in [0.05, 0.1) is 6.20 Å². The number of carbonyl (C=O) groups is 2. The summed E-state index contributed by atoms with van der Waals surface area (Å²) in [4.78, 5) is 41.6. The first-order chi connectivity index (χ1) is 20.8. The van der Waals surface area contributed by atoms with Crippen LogP contribution in [0, 0.1) is 6.92 Å². The highest BCUT2D eigenvalue weighted by Gasteiger charge is 2.31. The largest absolute Gasteiger partial charge is 0.369 e. The van der Waals surface area contributed by atoms with E-state index >= 15 is 0 Å². The first-order valence-corrected chi connectivity index (χ1v) is 15.4. The van der Waals surface area contributed by atoms with Crippen molar-refractivity contribution >= 4 is 34.8 Å². The summed E-state index contributed by atoms with van der Waals surface area (Å²) in [5, 5.41) is 6.56. The summed E-state index contributed by atoms with van der Waals surface area (Å²) in [7, 11) is 2.15. The van der Waals surface area contributed by atoms with E-state index < -0.39 is 5.91 Å². The van der Waals surface area contributed by atoms with Crippen LogP contribution in [0.3, 0.4) is 0 Å². The molecule has 2 amide bonds. The Balaban J connectivity index is 1.17. The maximum atomic E-state index is 13.1. The fraction of sp³-hybridized carbons (Fsp3) is 0.455. The summed E-state index contributed by atoms with van der Waals surface area (Å²) in [6.07, 6.45) is 5.85. The number of amides is 2. The van der Waals surface area contributed by atoms with Crippen LogP contribution in [0.5, 0.6) is 0 Å². The Labute approximate surface area is 253 Å². The van der Waals surface area contributed by atoms with Crippen molar-refractivity contribution in [2.24, 2.45) is 5.73 Å². The fourth-order valence-corrected chi connectivity index (χ4v) is 6.29. The molecule has 0 unspecified atom stereocenters. The molecule has 10 nitrogen and oxygen atoms in total. The third-order valence-electron chi connectivity index (χ3n) is 9.12. The number of primary amides is 1. The van der Waals surface area contributed by atoms with E-state index in [4.69, 9.17) is 10.7 Å². The summed E-state index contributed by atoms with van der Waals surface area (Å²) in [5.41, 5.74) is 11.0. The van der Waals surface area contributed by atoms with Crippen molar-refractivity contribution in [2.75, 3.05) is 54.9 Å². The molecule has 10 heteroatoms. The van der Waals surface area contributed by atoms with Gasteiger partial charge < -0.3 is 31.1 Å². The highest BCUT2D eigenvalue weighted by Crippen LogP contribution is 2.40. The van der Waals surface area contributed by atoms with Gasteiger partial charge in [-0.05, 0) is 94.0 Å². The van der Waals surface area contributed by atoms with Crippen LogP contribution in [0.4, 0.5) is 23.0 Å². The lowest BCUT2D eigenvalue weighted by molar-refractivity contribution is 0.0923. The van der Waals surface area contributed by atoms with Crippen molar-refractivity contribution in [3.8, 4) is 0 Å². The predicted molar refractivity (Wildman–Crippen MR) is 170 cm³/mol. The average Bonchev–Trinajstić information content (AvgIpc) is 3.85. The summed E-state index contributed by atoms with van der Waals surface area (Å²) in [6, 6.07) is 14.1. The number of piperazine rings is 1. The molecule has 3 aromatic rings. The minimum absolute atomic E-state index is 0.0184. The smallest absolute Gasteiger partial charge is 0.271 e. The molecule has 1 aromatic heterocycles. The Morgan fingerprint density at radius 2 is 1.72 bits per heavy atom. The predicted octanol–water partition coefficient (Wildman–Crippen LogP) is 4.04. The molecule has 2 aliphatic heterocycles. The lowest BCUT2D eigenvalue weighted by Gasteiger charge is -2.40. The quantitative estimate of drug-likeness (QED) is 0.364. The van der Waals surface area contributed by atoms with Crippen LogP contribution >= 0.6 is 0 Å². The molecule has 43 heavy (non-hydrogen) atoms. The van der Waals surface area contributed by atoms with Gasteiger partial charge in [0.1, 0.15) is 5.82 Å². The molecule has 2 saturated heterocycles. The molecule has 3 fully saturated rings. The van der Waals surface area contributed by atoms with E-state index in [0.717, 1.165) is 56.8 Å². The Morgan fingerprint density at radius 1 is 0.977 bits per heavy atom. The molecule has 6 rings (SSSR count). The number of rotatable bonds is 8. The second-order valence-corrected chi connectivity index (χ2v) is 12.3. The number of piperidine rings is 1. The van der Waals surface area contributed by atoms with E-state index in [1.807, 2.05) is 18.2 Å². The fourth-order valence-electron chi connectivity index (χ4n) is 6.29.